The Labute approximate surface area is 98.4 Å². The van der Waals surface area contributed by atoms with Gasteiger partial charge in [0.05, 0.1) is 6.61 Å². The second kappa shape index (κ2) is 5.86. The number of esters is 1. The molecule has 0 heterocycles. The van der Waals surface area contributed by atoms with Crippen LogP contribution < -0.4 is 11.1 Å². The molecule has 0 aromatic heterocycles. The minimum atomic E-state index is -1.36. The highest BCUT2D eigenvalue weighted by molar-refractivity contribution is 6.08. The molecule has 1 amide bonds. The van der Waals surface area contributed by atoms with E-state index in [0.717, 1.165) is 0 Å². The zero-order chi connectivity index (χ0) is 12.8. The molecule has 1 unspecified atom stereocenters. The molecule has 4 N–H and O–H groups in total. The topological polar surface area (TPSA) is 102 Å². The zero-order valence-electron chi connectivity index (χ0n) is 9.34. The van der Waals surface area contributed by atoms with Gasteiger partial charge in [0.25, 0.3) is 5.91 Å². The fraction of sp³-hybridized carbons (Fsp3) is 0.273. The lowest BCUT2D eigenvalue weighted by Gasteiger charge is -2.11. The van der Waals surface area contributed by atoms with Crippen LogP contribution in [0.5, 0.6) is 5.75 Å². The highest BCUT2D eigenvalue weighted by Crippen LogP contribution is 2.13. The predicted octanol–water partition coefficient (Wildman–Crippen LogP) is 0.221. The summed E-state index contributed by atoms with van der Waals surface area (Å²) in [5, 5.41) is 11.5. The predicted molar refractivity (Wildman–Crippen MR) is 61.3 cm³/mol. The van der Waals surface area contributed by atoms with Gasteiger partial charge in [-0.1, -0.05) is 0 Å². The third-order valence-corrected chi connectivity index (χ3v) is 1.96. The minimum Gasteiger partial charge on any atom is -0.508 e. The summed E-state index contributed by atoms with van der Waals surface area (Å²) >= 11 is 0. The quantitative estimate of drug-likeness (QED) is 0.395. The maximum Gasteiger partial charge on any atom is 0.332 e. The van der Waals surface area contributed by atoms with Gasteiger partial charge in [0, 0.05) is 5.69 Å². The van der Waals surface area contributed by atoms with Crippen LogP contribution in [-0.4, -0.2) is 29.6 Å². The first-order valence-electron chi connectivity index (χ1n) is 5.06. The van der Waals surface area contributed by atoms with E-state index in [0.29, 0.717) is 5.69 Å². The van der Waals surface area contributed by atoms with Crippen LogP contribution in [0.2, 0.25) is 0 Å². The van der Waals surface area contributed by atoms with Crippen molar-refractivity contribution in [2.24, 2.45) is 5.73 Å². The SMILES string of the molecule is CCOC(=O)C(N)C(=O)Nc1ccc(O)cc1. The number of hydrogen-bond acceptors (Lipinski definition) is 5. The van der Waals surface area contributed by atoms with Gasteiger partial charge in [-0.3, -0.25) is 4.79 Å². The number of rotatable bonds is 4. The lowest BCUT2D eigenvalue weighted by Crippen LogP contribution is -2.43. The third kappa shape index (κ3) is 3.76. The van der Waals surface area contributed by atoms with E-state index in [1.165, 1.54) is 24.3 Å². The van der Waals surface area contributed by atoms with Crippen LogP contribution in [0, 0.1) is 0 Å². The molecule has 1 aromatic rings. The van der Waals surface area contributed by atoms with Crippen molar-refractivity contribution in [2.75, 3.05) is 11.9 Å². The van der Waals surface area contributed by atoms with Crippen LogP contribution in [0.3, 0.4) is 0 Å². The molecular formula is C11H14N2O4. The van der Waals surface area contributed by atoms with Gasteiger partial charge in [-0.2, -0.15) is 0 Å². The molecular weight excluding hydrogens is 224 g/mol. The van der Waals surface area contributed by atoms with E-state index < -0.39 is 17.9 Å². The van der Waals surface area contributed by atoms with E-state index in [4.69, 9.17) is 10.8 Å². The van der Waals surface area contributed by atoms with E-state index in [1.807, 2.05) is 0 Å². The van der Waals surface area contributed by atoms with Gasteiger partial charge < -0.3 is 20.9 Å². The first-order valence-corrected chi connectivity index (χ1v) is 5.06. The summed E-state index contributed by atoms with van der Waals surface area (Å²) in [6.07, 6.45) is 0. The Bertz CT molecular complexity index is 402. The number of hydrogen-bond donors (Lipinski definition) is 3. The summed E-state index contributed by atoms with van der Waals surface area (Å²) in [6, 6.07) is 4.44. The maximum absolute atomic E-state index is 11.5. The smallest absolute Gasteiger partial charge is 0.332 e. The van der Waals surface area contributed by atoms with Crippen molar-refractivity contribution in [2.45, 2.75) is 13.0 Å². The third-order valence-electron chi connectivity index (χ3n) is 1.96. The number of phenols is 1. The van der Waals surface area contributed by atoms with E-state index >= 15 is 0 Å². The average molecular weight is 238 g/mol. The standard InChI is InChI=1S/C11H14N2O4/c1-2-17-11(16)9(12)10(15)13-7-3-5-8(14)6-4-7/h3-6,9,14H,2,12H2,1H3,(H,13,15). The molecule has 0 spiro atoms. The zero-order valence-corrected chi connectivity index (χ0v) is 9.34. The van der Waals surface area contributed by atoms with Crippen molar-refractivity contribution in [3.05, 3.63) is 24.3 Å². The Balaban J connectivity index is 2.59. The number of nitrogens with one attached hydrogen (secondary N) is 1. The second-order valence-electron chi connectivity index (χ2n) is 3.27. The van der Waals surface area contributed by atoms with Crippen molar-refractivity contribution >= 4 is 17.6 Å². The number of anilines is 1. The molecule has 17 heavy (non-hydrogen) atoms. The molecule has 0 aliphatic carbocycles. The van der Waals surface area contributed by atoms with Crippen molar-refractivity contribution in [1.82, 2.24) is 0 Å². The fourth-order valence-corrected chi connectivity index (χ4v) is 1.10. The molecule has 6 nitrogen and oxygen atoms in total. The number of nitrogens with two attached hydrogens (primary N) is 1. The van der Waals surface area contributed by atoms with E-state index in [2.05, 4.69) is 10.1 Å². The summed E-state index contributed by atoms with van der Waals surface area (Å²) in [5.74, 6) is -1.35. The Hall–Kier alpha value is -2.08. The van der Waals surface area contributed by atoms with Crippen LogP contribution in [0.25, 0.3) is 0 Å². The molecule has 0 bridgehead atoms. The molecule has 0 saturated carbocycles. The molecule has 0 radical (unpaired) electrons. The van der Waals surface area contributed by atoms with Gasteiger partial charge in [-0.05, 0) is 31.2 Å². The van der Waals surface area contributed by atoms with Gasteiger partial charge in [-0.25, -0.2) is 4.79 Å². The van der Waals surface area contributed by atoms with Crippen LogP contribution in [0.15, 0.2) is 24.3 Å². The van der Waals surface area contributed by atoms with Crippen LogP contribution in [-0.2, 0) is 14.3 Å². The van der Waals surface area contributed by atoms with Crippen LogP contribution >= 0.6 is 0 Å². The second-order valence-corrected chi connectivity index (χ2v) is 3.27. The Morgan fingerprint density at radius 2 is 2.00 bits per heavy atom. The molecule has 1 rings (SSSR count). The largest absolute Gasteiger partial charge is 0.508 e. The normalized spacial score (nSPS) is 11.6. The molecule has 0 fully saturated rings. The summed E-state index contributed by atoms with van der Waals surface area (Å²) in [6.45, 7) is 1.79. The number of carbonyl (C=O) groups excluding carboxylic acids is 2. The van der Waals surface area contributed by atoms with E-state index in [-0.39, 0.29) is 12.4 Å². The van der Waals surface area contributed by atoms with E-state index in [1.54, 1.807) is 6.92 Å². The summed E-state index contributed by atoms with van der Waals surface area (Å²) in [7, 11) is 0. The maximum atomic E-state index is 11.5. The van der Waals surface area contributed by atoms with Gasteiger partial charge in [0.1, 0.15) is 5.75 Å². The number of phenolic OH excluding ortho intramolecular Hbond substituents is 1. The molecule has 0 aliphatic heterocycles. The molecule has 6 heteroatoms. The minimum absolute atomic E-state index is 0.0812. The fourth-order valence-electron chi connectivity index (χ4n) is 1.10. The lowest BCUT2D eigenvalue weighted by atomic mass is 10.2. The van der Waals surface area contributed by atoms with Crippen molar-refractivity contribution < 1.29 is 19.4 Å². The molecule has 0 saturated heterocycles. The Kier molecular flexibility index (Phi) is 4.47. The molecule has 1 aromatic carbocycles. The number of ether oxygens (including phenoxy) is 1. The molecule has 0 aliphatic rings. The summed E-state index contributed by atoms with van der Waals surface area (Å²) in [5.41, 5.74) is 5.83. The van der Waals surface area contributed by atoms with Crippen LogP contribution in [0.4, 0.5) is 5.69 Å². The Morgan fingerprint density at radius 1 is 1.41 bits per heavy atom. The summed E-state index contributed by atoms with van der Waals surface area (Å²) < 4.78 is 4.62. The van der Waals surface area contributed by atoms with Gasteiger partial charge in [0.2, 0.25) is 0 Å². The van der Waals surface area contributed by atoms with Gasteiger partial charge in [-0.15, -0.1) is 0 Å². The van der Waals surface area contributed by atoms with Crippen molar-refractivity contribution in [3.8, 4) is 5.75 Å². The van der Waals surface area contributed by atoms with Gasteiger partial charge in [0.15, 0.2) is 6.04 Å². The number of aromatic hydroxyl groups is 1. The first-order chi connectivity index (χ1) is 8.04. The van der Waals surface area contributed by atoms with Crippen molar-refractivity contribution in [3.63, 3.8) is 0 Å². The highest BCUT2D eigenvalue weighted by atomic mass is 16.5. The van der Waals surface area contributed by atoms with Crippen molar-refractivity contribution in [1.29, 1.82) is 0 Å². The number of carbonyl (C=O) groups is 2. The number of amides is 1. The van der Waals surface area contributed by atoms with Crippen LogP contribution in [0.1, 0.15) is 6.92 Å². The Morgan fingerprint density at radius 3 is 2.53 bits per heavy atom. The lowest BCUT2D eigenvalue weighted by molar-refractivity contribution is -0.146. The number of benzene rings is 1. The van der Waals surface area contributed by atoms with Gasteiger partial charge >= 0.3 is 5.97 Å². The molecule has 92 valence electrons. The molecule has 1 atom stereocenters. The summed E-state index contributed by atoms with van der Waals surface area (Å²) in [4.78, 5) is 22.7. The monoisotopic (exact) mass is 238 g/mol. The first kappa shape index (κ1) is 13.0. The average Bonchev–Trinajstić information content (AvgIpc) is 2.31. The highest BCUT2D eigenvalue weighted by Gasteiger charge is 2.23. The van der Waals surface area contributed by atoms with E-state index in [9.17, 15) is 9.59 Å².